The first-order valence-electron chi connectivity index (χ1n) is 7.22. The van der Waals surface area contributed by atoms with Crippen LogP contribution < -0.4 is 11.5 Å². The Bertz CT molecular complexity index is 271. The molecule has 1 aliphatic carbocycles. The monoisotopic (exact) mass is 256 g/mol. The minimum Gasteiger partial charge on any atom is -0.375 e. The third-order valence-corrected chi connectivity index (χ3v) is 3.88. The first-order valence-corrected chi connectivity index (χ1v) is 7.22. The van der Waals surface area contributed by atoms with Crippen LogP contribution in [-0.2, 0) is 9.53 Å². The van der Waals surface area contributed by atoms with Crippen molar-refractivity contribution >= 4 is 5.91 Å². The van der Waals surface area contributed by atoms with Crippen molar-refractivity contribution in [1.82, 2.24) is 0 Å². The van der Waals surface area contributed by atoms with Crippen molar-refractivity contribution in [1.29, 1.82) is 0 Å². The van der Waals surface area contributed by atoms with Gasteiger partial charge in [0, 0.05) is 6.42 Å². The van der Waals surface area contributed by atoms with Crippen molar-refractivity contribution in [3.05, 3.63) is 0 Å². The Balaban J connectivity index is 2.22. The van der Waals surface area contributed by atoms with E-state index in [4.69, 9.17) is 16.2 Å². The molecule has 0 aliphatic heterocycles. The fraction of sp³-hybridized carbons (Fsp3) is 0.929. The lowest BCUT2D eigenvalue weighted by molar-refractivity contribution is -0.123. The number of carbonyl (C=O) groups excluding carboxylic acids is 1. The predicted octanol–water partition coefficient (Wildman–Crippen LogP) is 2.10. The second-order valence-corrected chi connectivity index (χ2v) is 5.68. The molecule has 0 aromatic carbocycles. The van der Waals surface area contributed by atoms with Crippen LogP contribution in [0.25, 0.3) is 0 Å². The maximum absolute atomic E-state index is 11.2. The molecule has 0 radical (unpaired) electrons. The second-order valence-electron chi connectivity index (χ2n) is 5.68. The number of amides is 1. The van der Waals surface area contributed by atoms with E-state index in [0.717, 1.165) is 12.8 Å². The molecule has 3 atom stereocenters. The lowest BCUT2D eigenvalue weighted by Crippen LogP contribution is -2.50. The maximum atomic E-state index is 11.2. The van der Waals surface area contributed by atoms with Gasteiger partial charge in [-0.2, -0.15) is 0 Å². The summed E-state index contributed by atoms with van der Waals surface area (Å²) in [5, 5.41) is 0. The van der Waals surface area contributed by atoms with Crippen molar-refractivity contribution < 1.29 is 9.53 Å². The Morgan fingerprint density at radius 3 is 2.72 bits per heavy atom. The number of rotatable bonds is 8. The zero-order valence-corrected chi connectivity index (χ0v) is 11.8. The van der Waals surface area contributed by atoms with Gasteiger partial charge in [0.2, 0.25) is 5.91 Å². The molecule has 4 nitrogen and oxygen atoms in total. The Kier molecular flexibility index (Phi) is 6.09. The van der Waals surface area contributed by atoms with E-state index in [2.05, 4.69) is 13.8 Å². The van der Waals surface area contributed by atoms with Crippen LogP contribution in [-0.4, -0.2) is 23.7 Å². The number of nitrogens with two attached hydrogens (primary N) is 2. The van der Waals surface area contributed by atoms with Crippen molar-refractivity contribution in [2.75, 3.05) is 0 Å². The van der Waals surface area contributed by atoms with Crippen molar-refractivity contribution in [3.8, 4) is 0 Å². The first kappa shape index (κ1) is 15.4. The van der Waals surface area contributed by atoms with Crippen LogP contribution in [0.15, 0.2) is 0 Å². The topological polar surface area (TPSA) is 78.3 Å². The Hall–Kier alpha value is -0.610. The normalized spacial score (nSPS) is 29.4. The molecule has 0 heterocycles. The largest absolute Gasteiger partial charge is 0.375 e. The van der Waals surface area contributed by atoms with E-state index in [1.54, 1.807) is 0 Å². The van der Waals surface area contributed by atoms with Crippen LogP contribution >= 0.6 is 0 Å². The summed E-state index contributed by atoms with van der Waals surface area (Å²) in [5.41, 5.74) is 10.4. The third-order valence-electron chi connectivity index (χ3n) is 3.88. The number of hydrogen-bond donors (Lipinski definition) is 2. The van der Waals surface area contributed by atoms with E-state index in [0.29, 0.717) is 12.8 Å². The van der Waals surface area contributed by atoms with Crippen LogP contribution in [0.3, 0.4) is 0 Å². The molecule has 106 valence electrons. The van der Waals surface area contributed by atoms with Gasteiger partial charge in [-0.15, -0.1) is 0 Å². The molecule has 1 amide bonds. The van der Waals surface area contributed by atoms with Crippen LogP contribution in [0, 0.1) is 0 Å². The molecule has 0 bridgehead atoms. The SMILES string of the molecule is CCCCCCC(C)OC1CCC(N)(C(N)=O)C1. The summed E-state index contributed by atoms with van der Waals surface area (Å²) in [6, 6.07) is 0. The number of ether oxygens (including phenoxy) is 1. The fourth-order valence-corrected chi connectivity index (χ4v) is 2.62. The van der Waals surface area contributed by atoms with Gasteiger partial charge in [0.25, 0.3) is 0 Å². The lowest BCUT2D eigenvalue weighted by Gasteiger charge is -2.22. The summed E-state index contributed by atoms with van der Waals surface area (Å²) in [5.74, 6) is -0.399. The van der Waals surface area contributed by atoms with E-state index < -0.39 is 11.4 Å². The van der Waals surface area contributed by atoms with Crippen molar-refractivity contribution in [3.63, 3.8) is 0 Å². The molecule has 4 heteroatoms. The summed E-state index contributed by atoms with van der Waals surface area (Å²) in [6.45, 7) is 4.32. The summed E-state index contributed by atoms with van der Waals surface area (Å²) in [4.78, 5) is 11.2. The number of carbonyl (C=O) groups is 1. The van der Waals surface area contributed by atoms with Gasteiger partial charge in [0.1, 0.15) is 0 Å². The lowest BCUT2D eigenvalue weighted by atomic mass is 9.98. The molecule has 18 heavy (non-hydrogen) atoms. The first-order chi connectivity index (χ1) is 8.48. The second kappa shape index (κ2) is 7.10. The quantitative estimate of drug-likeness (QED) is 0.653. The van der Waals surface area contributed by atoms with Crippen molar-refractivity contribution in [2.45, 2.75) is 83.0 Å². The molecule has 0 aromatic rings. The maximum Gasteiger partial charge on any atom is 0.237 e. The van der Waals surface area contributed by atoms with Gasteiger partial charge in [-0.05, 0) is 26.2 Å². The molecule has 1 saturated carbocycles. The highest BCUT2D eigenvalue weighted by molar-refractivity contribution is 5.84. The fourth-order valence-electron chi connectivity index (χ4n) is 2.62. The highest BCUT2D eigenvalue weighted by Crippen LogP contribution is 2.30. The molecule has 4 N–H and O–H groups in total. The molecule has 0 aromatic heterocycles. The molecular weight excluding hydrogens is 228 g/mol. The minimum atomic E-state index is -0.841. The molecule has 0 spiro atoms. The standard InChI is InChI=1S/C14H28N2O2/c1-3-4-5-6-7-11(2)18-12-8-9-14(16,10-12)13(15)17/h11-12H,3-10,16H2,1-2H3,(H2,15,17). The van der Waals surface area contributed by atoms with Gasteiger partial charge in [-0.25, -0.2) is 0 Å². The summed E-state index contributed by atoms with van der Waals surface area (Å²) < 4.78 is 5.95. The van der Waals surface area contributed by atoms with Crippen LogP contribution in [0.5, 0.6) is 0 Å². The summed E-state index contributed by atoms with van der Waals surface area (Å²) in [6.07, 6.45) is 8.55. The third kappa shape index (κ3) is 4.58. The molecule has 0 saturated heterocycles. The smallest absolute Gasteiger partial charge is 0.237 e. The number of unbranched alkanes of at least 4 members (excludes halogenated alkanes) is 3. The van der Waals surface area contributed by atoms with Gasteiger partial charge in [0.05, 0.1) is 17.7 Å². The highest BCUT2D eigenvalue weighted by atomic mass is 16.5. The van der Waals surface area contributed by atoms with E-state index in [9.17, 15) is 4.79 Å². The zero-order chi connectivity index (χ0) is 13.6. The Labute approximate surface area is 110 Å². The molecule has 1 fully saturated rings. The molecule has 3 unspecified atom stereocenters. The van der Waals surface area contributed by atoms with Gasteiger partial charge in [-0.1, -0.05) is 32.6 Å². The molecular formula is C14H28N2O2. The van der Waals surface area contributed by atoms with Gasteiger partial charge in [0.15, 0.2) is 0 Å². The van der Waals surface area contributed by atoms with E-state index >= 15 is 0 Å². The highest BCUT2D eigenvalue weighted by Gasteiger charge is 2.41. The predicted molar refractivity (Wildman–Crippen MR) is 73.1 cm³/mol. The van der Waals surface area contributed by atoms with Gasteiger partial charge < -0.3 is 16.2 Å². The zero-order valence-electron chi connectivity index (χ0n) is 11.8. The molecule has 1 aliphatic rings. The van der Waals surface area contributed by atoms with Gasteiger partial charge in [-0.3, -0.25) is 4.79 Å². The Morgan fingerprint density at radius 1 is 1.44 bits per heavy atom. The number of hydrogen-bond acceptors (Lipinski definition) is 3. The van der Waals surface area contributed by atoms with E-state index in [-0.39, 0.29) is 12.2 Å². The van der Waals surface area contributed by atoms with Gasteiger partial charge >= 0.3 is 0 Å². The van der Waals surface area contributed by atoms with Crippen LogP contribution in [0.1, 0.15) is 65.2 Å². The summed E-state index contributed by atoms with van der Waals surface area (Å²) in [7, 11) is 0. The van der Waals surface area contributed by atoms with Crippen molar-refractivity contribution in [2.24, 2.45) is 11.5 Å². The minimum absolute atomic E-state index is 0.101. The van der Waals surface area contributed by atoms with E-state index in [1.807, 2.05) is 0 Å². The van der Waals surface area contributed by atoms with E-state index in [1.165, 1.54) is 25.7 Å². The Morgan fingerprint density at radius 2 is 2.17 bits per heavy atom. The summed E-state index contributed by atoms with van der Waals surface area (Å²) >= 11 is 0. The average molecular weight is 256 g/mol. The average Bonchev–Trinajstić information content (AvgIpc) is 2.68. The van der Waals surface area contributed by atoms with Crippen LogP contribution in [0.4, 0.5) is 0 Å². The number of primary amides is 1. The molecule has 1 rings (SSSR count). The van der Waals surface area contributed by atoms with Crippen LogP contribution in [0.2, 0.25) is 0 Å².